The highest BCUT2D eigenvalue weighted by molar-refractivity contribution is 5.94. The van der Waals surface area contributed by atoms with Crippen LogP contribution in [0.3, 0.4) is 0 Å². The first kappa shape index (κ1) is 22.5. The number of hydrogen-bond acceptors (Lipinski definition) is 3. The second-order valence-electron chi connectivity index (χ2n) is 8.09. The van der Waals surface area contributed by atoms with E-state index in [-0.39, 0.29) is 26.7 Å². The highest BCUT2D eigenvalue weighted by Gasteiger charge is 2.37. The van der Waals surface area contributed by atoms with E-state index in [1.807, 2.05) is 23.1 Å². The zero-order chi connectivity index (χ0) is 19.8. The van der Waals surface area contributed by atoms with Crippen molar-refractivity contribution in [3.8, 4) is 0 Å². The second kappa shape index (κ2) is 9.29. The van der Waals surface area contributed by atoms with Gasteiger partial charge in [0.15, 0.2) is 0 Å². The highest BCUT2D eigenvalue weighted by Crippen LogP contribution is 2.40. The molecule has 1 fully saturated rings. The fraction of sp³-hybridized carbons (Fsp3) is 0.346. The summed E-state index contributed by atoms with van der Waals surface area (Å²) in [5.74, 6) is 1.68. The number of aromatic nitrogens is 1. The average Bonchev–Trinajstić information content (AvgIpc) is 3.32. The van der Waals surface area contributed by atoms with Crippen molar-refractivity contribution in [3.63, 3.8) is 0 Å². The van der Waals surface area contributed by atoms with Crippen LogP contribution in [0.15, 0.2) is 54.7 Å². The largest absolute Gasteiger partial charge is 0.338 e. The second-order valence-corrected chi connectivity index (χ2v) is 8.09. The van der Waals surface area contributed by atoms with E-state index in [9.17, 15) is 9.59 Å². The van der Waals surface area contributed by atoms with Gasteiger partial charge in [0.1, 0.15) is 5.82 Å². The van der Waals surface area contributed by atoms with Gasteiger partial charge in [-0.25, -0.2) is 4.98 Å². The van der Waals surface area contributed by atoms with E-state index in [1.54, 1.807) is 12.3 Å². The number of rotatable bonds is 3. The van der Waals surface area contributed by atoms with Crippen LogP contribution in [0.4, 0.5) is 5.82 Å². The van der Waals surface area contributed by atoms with Crippen LogP contribution >= 0.6 is 0 Å². The Balaban J connectivity index is 0.00000136. The molecule has 1 N–H and O–H groups in total. The first-order valence-electron chi connectivity index (χ1n) is 10.2. The molecular formula is C26H31N3O2. The molecule has 3 heterocycles. The Labute approximate surface area is 184 Å². The summed E-state index contributed by atoms with van der Waals surface area (Å²) in [5, 5.41) is 2.78. The molecule has 3 aliphatic rings. The van der Waals surface area contributed by atoms with E-state index in [1.165, 1.54) is 11.1 Å². The molecule has 1 aromatic carbocycles. The summed E-state index contributed by atoms with van der Waals surface area (Å²) in [7, 11) is 0. The fourth-order valence-electron chi connectivity index (χ4n) is 4.60. The number of likely N-dealkylation sites (tertiary alicyclic amines) is 1. The number of hydrogen-bond donors (Lipinski definition) is 1. The van der Waals surface area contributed by atoms with E-state index < -0.39 is 0 Å². The van der Waals surface area contributed by atoms with Crippen molar-refractivity contribution in [2.45, 2.75) is 34.1 Å². The molecule has 5 heteroatoms. The summed E-state index contributed by atoms with van der Waals surface area (Å²) in [6, 6.07) is 12.5. The van der Waals surface area contributed by atoms with Gasteiger partial charge in [-0.2, -0.15) is 0 Å². The number of carbonyl (C=O) groups is 2. The number of anilines is 1. The van der Waals surface area contributed by atoms with Crippen LogP contribution in [-0.2, 0) is 16.0 Å². The van der Waals surface area contributed by atoms with Gasteiger partial charge >= 0.3 is 0 Å². The number of aryl methyl sites for hydroxylation is 1. The molecule has 0 bridgehead atoms. The third kappa shape index (κ3) is 4.61. The summed E-state index contributed by atoms with van der Waals surface area (Å²) < 4.78 is 0. The van der Waals surface area contributed by atoms with Crippen LogP contribution in [0.25, 0.3) is 11.6 Å². The highest BCUT2D eigenvalue weighted by atomic mass is 16.2. The Bertz CT molecular complexity index is 1030. The van der Waals surface area contributed by atoms with Gasteiger partial charge < -0.3 is 10.2 Å². The third-order valence-corrected chi connectivity index (χ3v) is 6.13. The molecule has 5 nitrogen and oxygen atoms in total. The quantitative estimate of drug-likeness (QED) is 0.729. The standard InChI is InChI=1S/C24H23N3O2.2CH4/c28-22-8-7-18-10-16(13-25-24(18)26-22)6-9-23(29)27-14-20-11-19(12-21(20)15-27)17-4-2-1-3-5-17;;/h1-6,9-11,13,20-21H,7-8,12,14-15H2,(H,25,26,28);2*1H4/b9-6+;;/t20-,21+;;/m0../s1. The van der Waals surface area contributed by atoms with Crippen LogP contribution in [0.1, 0.15) is 44.4 Å². The van der Waals surface area contributed by atoms with Crippen molar-refractivity contribution in [1.82, 2.24) is 9.88 Å². The maximum atomic E-state index is 12.7. The molecule has 5 rings (SSSR count). The molecule has 1 saturated heterocycles. The monoisotopic (exact) mass is 417 g/mol. The van der Waals surface area contributed by atoms with Crippen molar-refractivity contribution in [2.24, 2.45) is 11.8 Å². The fourth-order valence-corrected chi connectivity index (χ4v) is 4.60. The Kier molecular flexibility index (Phi) is 6.74. The molecule has 162 valence electrons. The van der Waals surface area contributed by atoms with Gasteiger partial charge in [-0.3, -0.25) is 9.59 Å². The molecular weight excluding hydrogens is 386 g/mol. The smallest absolute Gasteiger partial charge is 0.246 e. The molecule has 0 unspecified atom stereocenters. The number of nitrogens with zero attached hydrogens (tertiary/aromatic N) is 2. The van der Waals surface area contributed by atoms with Crippen LogP contribution < -0.4 is 5.32 Å². The number of nitrogens with one attached hydrogen (secondary N) is 1. The zero-order valence-electron chi connectivity index (χ0n) is 16.2. The molecule has 2 aliphatic heterocycles. The Morgan fingerprint density at radius 3 is 2.71 bits per heavy atom. The van der Waals surface area contributed by atoms with Crippen LogP contribution in [0, 0.1) is 11.8 Å². The van der Waals surface area contributed by atoms with E-state index in [0.29, 0.717) is 30.5 Å². The number of benzene rings is 1. The van der Waals surface area contributed by atoms with Crippen molar-refractivity contribution in [3.05, 3.63) is 71.4 Å². The van der Waals surface area contributed by atoms with Gasteiger partial charge in [-0.15, -0.1) is 0 Å². The maximum absolute atomic E-state index is 12.7. The summed E-state index contributed by atoms with van der Waals surface area (Å²) in [6.07, 6.45) is 9.74. The van der Waals surface area contributed by atoms with E-state index >= 15 is 0 Å². The summed E-state index contributed by atoms with van der Waals surface area (Å²) in [6.45, 7) is 1.60. The lowest BCUT2D eigenvalue weighted by molar-refractivity contribution is -0.125. The van der Waals surface area contributed by atoms with Gasteiger partial charge in [-0.05, 0) is 59.1 Å². The predicted octanol–water partition coefficient (Wildman–Crippen LogP) is 4.81. The topological polar surface area (TPSA) is 62.3 Å². The van der Waals surface area contributed by atoms with Gasteiger partial charge in [0.25, 0.3) is 0 Å². The van der Waals surface area contributed by atoms with Crippen molar-refractivity contribution < 1.29 is 9.59 Å². The molecule has 2 atom stereocenters. The summed E-state index contributed by atoms with van der Waals surface area (Å²) in [4.78, 5) is 30.4. The third-order valence-electron chi connectivity index (χ3n) is 6.13. The normalized spacial score (nSPS) is 21.5. The number of allylic oxidation sites excluding steroid dienone is 1. The van der Waals surface area contributed by atoms with E-state index in [0.717, 1.165) is 30.6 Å². The van der Waals surface area contributed by atoms with E-state index in [2.05, 4.69) is 40.6 Å². The predicted molar refractivity (Wildman–Crippen MR) is 126 cm³/mol. The minimum atomic E-state index is 0. The lowest BCUT2D eigenvalue weighted by Crippen LogP contribution is -2.27. The number of amides is 2. The number of fused-ring (bicyclic) bond motifs is 2. The molecule has 2 amide bonds. The van der Waals surface area contributed by atoms with Crippen molar-refractivity contribution in [2.75, 3.05) is 18.4 Å². The number of pyridine rings is 1. The summed E-state index contributed by atoms with van der Waals surface area (Å²) >= 11 is 0. The Hall–Kier alpha value is -3.21. The molecule has 1 aliphatic carbocycles. The SMILES string of the molecule is C.C.O=C1CCc2cc(/C=C/C(=O)N3C[C@H]4CC(c5ccccc5)=C[C@H]4C3)cnc2N1. The lowest BCUT2D eigenvalue weighted by atomic mass is 9.98. The maximum Gasteiger partial charge on any atom is 0.246 e. The zero-order valence-corrected chi connectivity index (χ0v) is 16.2. The van der Waals surface area contributed by atoms with Crippen LogP contribution in [0.5, 0.6) is 0 Å². The van der Waals surface area contributed by atoms with Crippen LogP contribution in [0.2, 0.25) is 0 Å². The average molecular weight is 418 g/mol. The molecule has 0 saturated carbocycles. The van der Waals surface area contributed by atoms with Gasteiger partial charge in [0.2, 0.25) is 11.8 Å². The minimum Gasteiger partial charge on any atom is -0.338 e. The lowest BCUT2D eigenvalue weighted by Gasteiger charge is -2.16. The van der Waals surface area contributed by atoms with Gasteiger partial charge in [-0.1, -0.05) is 51.3 Å². The molecule has 1 aromatic heterocycles. The Morgan fingerprint density at radius 1 is 1.13 bits per heavy atom. The molecule has 0 radical (unpaired) electrons. The molecule has 31 heavy (non-hydrogen) atoms. The molecule has 2 aromatic rings. The number of carbonyl (C=O) groups excluding carboxylic acids is 2. The molecule has 0 spiro atoms. The summed E-state index contributed by atoms with van der Waals surface area (Å²) in [5.41, 5.74) is 4.62. The van der Waals surface area contributed by atoms with E-state index in [4.69, 9.17) is 0 Å². The van der Waals surface area contributed by atoms with Crippen molar-refractivity contribution in [1.29, 1.82) is 0 Å². The Morgan fingerprint density at radius 2 is 1.94 bits per heavy atom. The first-order chi connectivity index (χ1) is 14.2. The van der Waals surface area contributed by atoms with Crippen molar-refractivity contribution >= 4 is 29.3 Å². The minimum absolute atomic E-state index is 0. The van der Waals surface area contributed by atoms with Gasteiger partial charge in [0.05, 0.1) is 0 Å². The first-order valence-corrected chi connectivity index (χ1v) is 10.2. The van der Waals surface area contributed by atoms with Crippen LogP contribution in [-0.4, -0.2) is 34.8 Å². The van der Waals surface area contributed by atoms with Gasteiger partial charge in [0, 0.05) is 31.8 Å².